The van der Waals surface area contributed by atoms with E-state index in [1.165, 1.54) is 0 Å². The van der Waals surface area contributed by atoms with Crippen molar-refractivity contribution in [3.8, 4) is 17.5 Å². The second-order valence-corrected chi connectivity index (χ2v) is 9.98. The Morgan fingerprint density at radius 2 is 2.00 bits per heavy atom. The Morgan fingerprint density at radius 1 is 1.32 bits per heavy atom. The molecule has 1 N–H and O–H groups in total. The highest BCUT2D eigenvalue weighted by atomic mass is 32.2. The van der Waals surface area contributed by atoms with Gasteiger partial charge in [0.15, 0.2) is 9.84 Å². The average molecular weight is 445 g/mol. The molecule has 166 valence electrons. The lowest BCUT2D eigenvalue weighted by molar-refractivity contribution is -0.117. The van der Waals surface area contributed by atoms with Crippen molar-refractivity contribution in [2.45, 2.75) is 33.2 Å². The van der Waals surface area contributed by atoms with Crippen molar-refractivity contribution in [2.75, 3.05) is 37.0 Å². The molecule has 1 atom stereocenters. The second-order valence-electron chi connectivity index (χ2n) is 7.75. The third-order valence-electron chi connectivity index (χ3n) is 5.89. The van der Waals surface area contributed by atoms with E-state index >= 15 is 0 Å². The fourth-order valence-corrected chi connectivity index (χ4v) is 5.80. The monoisotopic (exact) mass is 444 g/mol. The van der Waals surface area contributed by atoms with Gasteiger partial charge < -0.3 is 10.1 Å². The number of hydrogen-bond donors (Lipinski definition) is 1. The molecule has 0 bridgehead atoms. The van der Waals surface area contributed by atoms with Crippen LogP contribution in [0.25, 0.3) is 5.69 Å². The molecule has 0 aliphatic carbocycles. The molecule has 9 heteroatoms. The Bertz CT molecular complexity index is 1110. The van der Waals surface area contributed by atoms with Crippen LogP contribution < -0.4 is 10.1 Å². The third-order valence-corrected chi connectivity index (χ3v) is 7.64. The van der Waals surface area contributed by atoms with E-state index in [2.05, 4.69) is 11.4 Å². The van der Waals surface area contributed by atoms with Crippen molar-refractivity contribution in [1.82, 2.24) is 9.47 Å². The van der Waals surface area contributed by atoms with Crippen LogP contribution in [0.4, 0.5) is 5.82 Å². The summed E-state index contributed by atoms with van der Waals surface area (Å²) in [6, 6.07) is 9.41. The molecule has 0 spiro atoms. The van der Waals surface area contributed by atoms with Crippen LogP contribution >= 0.6 is 0 Å². The number of rotatable bonds is 7. The molecule has 1 saturated heterocycles. The zero-order valence-electron chi connectivity index (χ0n) is 18.3. The van der Waals surface area contributed by atoms with Crippen molar-refractivity contribution < 1.29 is 17.9 Å². The van der Waals surface area contributed by atoms with Crippen LogP contribution in [0.1, 0.15) is 30.2 Å². The highest BCUT2D eigenvalue weighted by molar-refractivity contribution is 7.91. The number of benzene rings is 1. The fraction of sp³-hybridized carbons (Fsp3) is 0.455. The molecule has 0 saturated carbocycles. The Kier molecular flexibility index (Phi) is 6.72. The zero-order chi connectivity index (χ0) is 22.8. The second kappa shape index (κ2) is 9.12. The molecule has 1 aliphatic rings. The maximum atomic E-state index is 12.9. The number of amides is 1. The molecule has 0 unspecified atom stereocenters. The molecule has 1 aliphatic heterocycles. The number of anilines is 1. The van der Waals surface area contributed by atoms with Crippen LogP contribution in [0.5, 0.6) is 5.75 Å². The molecule has 1 fully saturated rings. The van der Waals surface area contributed by atoms with Crippen LogP contribution in [0.2, 0.25) is 0 Å². The fourth-order valence-electron chi connectivity index (χ4n) is 4.03. The summed E-state index contributed by atoms with van der Waals surface area (Å²) in [5.41, 5.74) is 2.86. The summed E-state index contributed by atoms with van der Waals surface area (Å²) in [5, 5.41) is 12.6. The lowest BCUT2D eigenvalue weighted by Crippen LogP contribution is -2.41. The number of nitrogens with zero attached hydrogens (tertiary/aromatic N) is 3. The van der Waals surface area contributed by atoms with Gasteiger partial charge in [-0.3, -0.25) is 14.3 Å². The Labute approximate surface area is 183 Å². The number of nitrogens with one attached hydrogen (secondary N) is 1. The first kappa shape index (κ1) is 22.8. The summed E-state index contributed by atoms with van der Waals surface area (Å²) < 4.78 is 30.7. The van der Waals surface area contributed by atoms with Gasteiger partial charge in [-0.25, -0.2) is 8.42 Å². The van der Waals surface area contributed by atoms with Crippen molar-refractivity contribution in [3.05, 3.63) is 41.1 Å². The SMILES string of the molecule is CCN(CC(=O)Nc1c(C#N)c(C)c(C)n1-c1ccc(OC)cc1)[C@H]1CCS(=O)(=O)C1. The largest absolute Gasteiger partial charge is 0.497 e. The molecule has 2 aromatic rings. The van der Waals surface area contributed by atoms with Crippen molar-refractivity contribution >= 4 is 21.6 Å². The van der Waals surface area contributed by atoms with Crippen LogP contribution in [0.15, 0.2) is 24.3 Å². The minimum absolute atomic E-state index is 0.0629. The van der Waals surface area contributed by atoms with E-state index in [9.17, 15) is 18.5 Å². The van der Waals surface area contributed by atoms with Gasteiger partial charge in [-0.2, -0.15) is 5.26 Å². The highest BCUT2D eigenvalue weighted by Gasteiger charge is 2.32. The molecular weight excluding hydrogens is 416 g/mol. The van der Waals surface area contributed by atoms with E-state index in [1.807, 2.05) is 54.5 Å². The van der Waals surface area contributed by atoms with Crippen LogP contribution in [0, 0.1) is 25.2 Å². The van der Waals surface area contributed by atoms with Gasteiger partial charge >= 0.3 is 0 Å². The first-order valence-corrected chi connectivity index (χ1v) is 12.0. The minimum Gasteiger partial charge on any atom is -0.497 e. The van der Waals surface area contributed by atoms with E-state index in [-0.39, 0.29) is 30.0 Å². The number of sulfone groups is 1. The molecule has 1 amide bonds. The quantitative estimate of drug-likeness (QED) is 0.703. The van der Waals surface area contributed by atoms with E-state index < -0.39 is 9.84 Å². The van der Waals surface area contributed by atoms with E-state index in [4.69, 9.17) is 4.74 Å². The average Bonchev–Trinajstić information content (AvgIpc) is 3.22. The van der Waals surface area contributed by atoms with Gasteiger partial charge in [0.05, 0.1) is 30.7 Å². The number of carbonyl (C=O) groups excluding carboxylic acids is 1. The van der Waals surface area contributed by atoms with Crippen LogP contribution in [-0.4, -0.2) is 61.5 Å². The van der Waals surface area contributed by atoms with E-state index in [1.54, 1.807) is 7.11 Å². The van der Waals surface area contributed by atoms with Gasteiger partial charge in [0.1, 0.15) is 17.6 Å². The van der Waals surface area contributed by atoms with Gasteiger partial charge in [0.2, 0.25) is 5.91 Å². The smallest absolute Gasteiger partial charge is 0.239 e. The van der Waals surface area contributed by atoms with Crippen molar-refractivity contribution in [1.29, 1.82) is 5.26 Å². The van der Waals surface area contributed by atoms with Gasteiger partial charge in [-0.15, -0.1) is 0 Å². The maximum absolute atomic E-state index is 12.9. The number of carbonyl (C=O) groups is 1. The van der Waals surface area contributed by atoms with E-state index in [0.717, 1.165) is 16.9 Å². The minimum atomic E-state index is -3.04. The summed E-state index contributed by atoms with van der Waals surface area (Å²) in [6.45, 7) is 6.29. The van der Waals surface area contributed by atoms with E-state index in [0.29, 0.717) is 30.1 Å². The first-order chi connectivity index (χ1) is 14.7. The van der Waals surface area contributed by atoms with Crippen LogP contribution in [0.3, 0.4) is 0 Å². The molecular formula is C22H28N4O4S. The highest BCUT2D eigenvalue weighted by Crippen LogP contribution is 2.31. The Hall–Kier alpha value is -2.83. The predicted molar refractivity (Wildman–Crippen MR) is 119 cm³/mol. The number of nitriles is 1. The summed E-state index contributed by atoms with van der Waals surface area (Å²) in [4.78, 5) is 14.8. The zero-order valence-corrected chi connectivity index (χ0v) is 19.1. The number of ether oxygens (including phenoxy) is 1. The molecule has 1 aromatic heterocycles. The Morgan fingerprint density at radius 3 is 2.52 bits per heavy atom. The van der Waals surface area contributed by atoms with Gasteiger partial charge in [0, 0.05) is 17.4 Å². The van der Waals surface area contributed by atoms with Gasteiger partial charge in [0.25, 0.3) is 0 Å². The van der Waals surface area contributed by atoms with Gasteiger partial charge in [-0.1, -0.05) is 6.92 Å². The van der Waals surface area contributed by atoms with Gasteiger partial charge in [-0.05, 0) is 56.6 Å². The first-order valence-electron chi connectivity index (χ1n) is 10.2. The Balaban J connectivity index is 1.88. The molecule has 31 heavy (non-hydrogen) atoms. The maximum Gasteiger partial charge on any atom is 0.239 e. The van der Waals surface area contributed by atoms with Crippen molar-refractivity contribution in [2.24, 2.45) is 0 Å². The topological polar surface area (TPSA) is 104 Å². The summed E-state index contributed by atoms with van der Waals surface area (Å²) in [7, 11) is -1.45. The molecule has 1 aromatic carbocycles. The molecule has 3 rings (SSSR count). The van der Waals surface area contributed by atoms with Crippen molar-refractivity contribution in [3.63, 3.8) is 0 Å². The summed E-state index contributed by atoms with van der Waals surface area (Å²) in [5.74, 6) is 1.09. The predicted octanol–water partition coefficient (Wildman–Crippen LogP) is 2.42. The summed E-state index contributed by atoms with van der Waals surface area (Å²) in [6.07, 6.45) is 0.535. The molecule has 2 heterocycles. The number of hydrogen-bond acceptors (Lipinski definition) is 6. The standard InChI is InChI=1S/C22H28N4O4S/c1-5-25(18-10-11-31(28,29)14-18)13-21(27)24-22-20(12-23)15(2)16(3)26(22)17-6-8-19(30-4)9-7-17/h6-9,18H,5,10-11,13-14H2,1-4H3,(H,24,27)/t18-/m0/s1. The third kappa shape index (κ3) is 4.75. The number of likely N-dealkylation sites (N-methyl/N-ethyl adjacent to an activating group) is 1. The normalized spacial score (nSPS) is 17.5. The number of aromatic nitrogens is 1. The number of methoxy groups -OCH3 is 1. The van der Waals surface area contributed by atoms with Crippen LogP contribution in [-0.2, 0) is 14.6 Å². The lowest BCUT2D eigenvalue weighted by atomic mass is 10.2. The molecule has 0 radical (unpaired) electrons. The molecule has 8 nitrogen and oxygen atoms in total. The summed E-state index contributed by atoms with van der Waals surface area (Å²) >= 11 is 0. The lowest BCUT2D eigenvalue weighted by Gasteiger charge is -2.26.